The van der Waals surface area contributed by atoms with Gasteiger partial charge in [-0.2, -0.15) is 0 Å². The minimum atomic E-state index is 0.520. The molecule has 3 heteroatoms. The molecule has 0 radical (unpaired) electrons. The maximum absolute atomic E-state index is 5.80. The number of hydrogen-bond donors (Lipinski definition) is 0. The predicted octanol–water partition coefficient (Wildman–Crippen LogP) is 2.69. The summed E-state index contributed by atoms with van der Waals surface area (Å²) in [5, 5.41) is 0. The summed E-state index contributed by atoms with van der Waals surface area (Å²) >= 11 is 5.80. The van der Waals surface area contributed by atoms with Crippen LogP contribution in [0.4, 0.5) is 0 Å². The molecule has 0 aliphatic heterocycles. The lowest BCUT2D eigenvalue weighted by molar-refractivity contribution is 1.02. The Kier molecular flexibility index (Phi) is 2.00. The summed E-state index contributed by atoms with van der Waals surface area (Å²) < 4.78 is 2.06. The first-order valence-corrected chi connectivity index (χ1v) is 4.76. The molecule has 0 aromatic carbocycles. The number of nitrogens with zero attached hydrogens (tertiary/aromatic N) is 2. The number of fused-ring (bicyclic) bond motifs is 1. The zero-order chi connectivity index (χ0) is 9.42. The zero-order valence-electron chi connectivity index (χ0n) is 7.71. The molecule has 0 atom stereocenters. The minimum Gasteiger partial charge on any atom is -0.306 e. The Morgan fingerprint density at radius 3 is 2.92 bits per heavy atom. The van der Waals surface area contributed by atoms with Gasteiger partial charge in [-0.05, 0) is 26.0 Å². The number of halogens is 1. The van der Waals surface area contributed by atoms with Crippen molar-refractivity contribution in [3.05, 3.63) is 35.3 Å². The van der Waals surface area contributed by atoms with E-state index in [-0.39, 0.29) is 0 Å². The lowest BCUT2D eigenvalue weighted by Gasteiger charge is -2.02. The van der Waals surface area contributed by atoms with Gasteiger partial charge in [0.05, 0.1) is 5.88 Å². The highest BCUT2D eigenvalue weighted by Gasteiger charge is 2.04. The third-order valence-electron chi connectivity index (χ3n) is 2.16. The average Bonchev–Trinajstić information content (AvgIpc) is 2.47. The molecule has 0 fully saturated rings. The normalized spacial score (nSPS) is 11.0. The Balaban J connectivity index is 2.82. The topological polar surface area (TPSA) is 17.3 Å². The SMILES string of the molecule is Cc1cc(C)n2ccc(CCl)c2n1. The quantitative estimate of drug-likeness (QED) is 0.638. The summed E-state index contributed by atoms with van der Waals surface area (Å²) in [7, 11) is 0. The van der Waals surface area contributed by atoms with Crippen LogP contribution in [0.25, 0.3) is 5.65 Å². The van der Waals surface area contributed by atoms with E-state index in [9.17, 15) is 0 Å². The van der Waals surface area contributed by atoms with Gasteiger partial charge in [-0.25, -0.2) is 4.98 Å². The van der Waals surface area contributed by atoms with Crippen LogP contribution in [0.3, 0.4) is 0 Å². The van der Waals surface area contributed by atoms with Crippen LogP contribution in [-0.4, -0.2) is 9.38 Å². The van der Waals surface area contributed by atoms with Gasteiger partial charge in [0.15, 0.2) is 0 Å². The van der Waals surface area contributed by atoms with Gasteiger partial charge in [0.2, 0.25) is 0 Å². The van der Waals surface area contributed by atoms with Crippen molar-refractivity contribution >= 4 is 17.2 Å². The maximum atomic E-state index is 5.80. The molecule has 0 bridgehead atoms. The monoisotopic (exact) mass is 194 g/mol. The van der Waals surface area contributed by atoms with Gasteiger partial charge in [0, 0.05) is 23.1 Å². The van der Waals surface area contributed by atoms with Crippen LogP contribution in [-0.2, 0) is 5.88 Å². The maximum Gasteiger partial charge on any atom is 0.141 e. The van der Waals surface area contributed by atoms with Crippen molar-refractivity contribution in [3.63, 3.8) is 0 Å². The van der Waals surface area contributed by atoms with Crippen LogP contribution in [0.5, 0.6) is 0 Å². The molecule has 0 aliphatic carbocycles. The van der Waals surface area contributed by atoms with Crippen molar-refractivity contribution in [2.24, 2.45) is 0 Å². The first-order valence-electron chi connectivity index (χ1n) is 4.22. The Hall–Kier alpha value is -1.02. The third kappa shape index (κ3) is 1.31. The van der Waals surface area contributed by atoms with Crippen LogP contribution < -0.4 is 0 Å². The van der Waals surface area contributed by atoms with Crippen molar-refractivity contribution in [2.45, 2.75) is 19.7 Å². The van der Waals surface area contributed by atoms with Crippen LogP contribution in [0.15, 0.2) is 18.3 Å². The molecular formula is C10H11ClN2. The van der Waals surface area contributed by atoms with E-state index >= 15 is 0 Å². The number of aromatic nitrogens is 2. The molecule has 2 rings (SSSR count). The summed E-state index contributed by atoms with van der Waals surface area (Å²) in [4.78, 5) is 4.45. The van der Waals surface area contributed by atoms with Crippen LogP contribution in [0, 0.1) is 13.8 Å². The second-order valence-electron chi connectivity index (χ2n) is 3.21. The molecule has 2 aromatic rings. The second kappa shape index (κ2) is 3.04. The summed E-state index contributed by atoms with van der Waals surface area (Å²) in [5.74, 6) is 0.520. The van der Waals surface area contributed by atoms with Crippen molar-refractivity contribution in [1.29, 1.82) is 0 Å². The average molecular weight is 195 g/mol. The highest BCUT2D eigenvalue weighted by atomic mass is 35.5. The van der Waals surface area contributed by atoms with E-state index in [0.29, 0.717) is 5.88 Å². The molecule has 0 aliphatic rings. The van der Waals surface area contributed by atoms with Crippen molar-refractivity contribution in [1.82, 2.24) is 9.38 Å². The first-order chi connectivity index (χ1) is 6.22. The number of aryl methyl sites for hydroxylation is 2. The van der Waals surface area contributed by atoms with E-state index in [0.717, 1.165) is 16.9 Å². The van der Waals surface area contributed by atoms with Crippen LogP contribution >= 0.6 is 11.6 Å². The lowest BCUT2D eigenvalue weighted by atomic mass is 10.3. The molecule has 0 spiro atoms. The number of hydrogen-bond acceptors (Lipinski definition) is 1. The zero-order valence-corrected chi connectivity index (χ0v) is 8.47. The van der Waals surface area contributed by atoms with Gasteiger partial charge in [0.25, 0.3) is 0 Å². The van der Waals surface area contributed by atoms with Crippen molar-refractivity contribution < 1.29 is 0 Å². The summed E-state index contributed by atoms with van der Waals surface area (Å²) in [6.45, 7) is 4.07. The highest BCUT2D eigenvalue weighted by Crippen LogP contribution is 2.15. The van der Waals surface area contributed by atoms with Crippen molar-refractivity contribution in [2.75, 3.05) is 0 Å². The van der Waals surface area contributed by atoms with Gasteiger partial charge >= 0.3 is 0 Å². The highest BCUT2D eigenvalue weighted by molar-refractivity contribution is 6.17. The standard InChI is InChI=1S/C10H11ClN2/c1-7-5-8(2)13-4-3-9(6-11)10(13)12-7/h3-5H,6H2,1-2H3. The van der Waals surface area contributed by atoms with Gasteiger partial charge in [0.1, 0.15) is 5.65 Å². The molecule has 0 unspecified atom stereocenters. The Bertz CT molecular complexity index is 445. The minimum absolute atomic E-state index is 0.520. The summed E-state index contributed by atoms with van der Waals surface area (Å²) in [6, 6.07) is 4.08. The molecule has 68 valence electrons. The lowest BCUT2D eigenvalue weighted by Crippen LogP contribution is -1.95. The van der Waals surface area contributed by atoms with Gasteiger partial charge < -0.3 is 4.40 Å². The second-order valence-corrected chi connectivity index (χ2v) is 3.47. The van der Waals surface area contributed by atoms with Gasteiger partial charge in [-0.15, -0.1) is 11.6 Å². The molecule has 2 aromatic heterocycles. The molecule has 0 saturated heterocycles. The fraction of sp³-hybridized carbons (Fsp3) is 0.300. The van der Waals surface area contributed by atoms with Crippen molar-refractivity contribution in [3.8, 4) is 0 Å². The first kappa shape index (κ1) is 8.57. The Morgan fingerprint density at radius 1 is 1.46 bits per heavy atom. The molecule has 0 N–H and O–H groups in total. The van der Waals surface area contributed by atoms with E-state index in [4.69, 9.17) is 11.6 Å². The molecule has 0 saturated carbocycles. The van der Waals surface area contributed by atoms with Crippen LogP contribution in [0.2, 0.25) is 0 Å². The van der Waals surface area contributed by atoms with E-state index < -0.39 is 0 Å². The number of alkyl halides is 1. The number of rotatable bonds is 1. The van der Waals surface area contributed by atoms with Crippen LogP contribution in [0.1, 0.15) is 17.0 Å². The van der Waals surface area contributed by atoms with E-state index in [2.05, 4.69) is 22.4 Å². The fourth-order valence-corrected chi connectivity index (χ4v) is 1.76. The van der Waals surface area contributed by atoms with E-state index in [1.807, 2.05) is 19.2 Å². The Labute approximate surface area is 82.2 Å². The summed E-state index contributed by atoms with van der Waals surface area (Å²) in [6.07, 6.45) is 2.01. The molecule has 13 heavy (non-hydrogen) atoms. The summed E-state index contributed by atoms with van der Waals surface area (Å²) in [5.41, 5.74) is 4.30. The third-order valence-corrected chi connectivity index (χ3v) is 2.45. The predicted molar refractivity (Wildman–Crippen MR) is 54.2 cm³/mol. The molecule has 0 amide bonds. The molecular weight excluding hydrogens is 184 g/mol. The van der Waals surface area contributed by atoms with Gasteiger partial charge in [-0.1, -0.05) is 0 Å². The fourth-order valence-electron chi connectivity index (χ4n) is 1.55. The smallest absolute Gasteiger partial charge is 0.141 e. The van der Waals surface area contributed by atoms with E-state index in [1.54, 1.807) is 0 Å². The molecule has 2 heterocycles. The van der Waals surface area contributed by atoms with E-state index in [1.165, 1.54) is 5.69 Å². The molecule has 2 nitrogen and oxygen atoms in total. The Morgan fingerprint density at radius 2 is 2.23 bits per heavy atom. The van der Waals surface area contributed by atoms with Gasteiger partial charge in [-0.3, -0.25) is 0 Å². The largest absolute Gasteiger partial charge is 0.306 e.